The Kier molecular flexibility index (Phi) is 3.97. The van der Waals surface area contributed by atoms with Crippen LogP contribution < -0.4 is 0 Å². The van der Waals surface area contributed by atoms with Crippen molar-refractivity contribution < 1.29 is 19.1 Å². The molecule has 1 N–H and O–H groups in total. The third kappa shape index (κ3) is 3.42. The van der Waals surface area contributed by atoms with Crippen LogP contribution in [0.3, 0.4) is 0 Å². The van der Waals surface area contributed by atoms with Crippen LogP contribution in [0.25, 0.3) is 11.5 Å². The second-order valence-corrected chi connectivity index (χ2v) is 4.30. The molecule has 0 fully saturated rings. The lowest BCUT2D eigenvalue weighted by Gasteiger charge is -2.05. The fourth-order valence-corrected chi connectivity index (χ4v) is 1.48. The number of carbonyl (C=O) groups is 1. The number of carboxylic acids is 1. The molecule has 0 amide bonds. The van der Waals surface area contributed by atoms with Gasteiger partial charge in [0.15, 0.2) is 6.10 Å². The first-order chi connectivity index (χ1) is 9.06. The summed E-state index contributed by atoms with van der Waals surface area (Å²) in [6, 6.07) is 7.79. The summed E-state index contributed by atoms with van der Waals surface area (Å²) < 4.78 is 10.5. The van der Waals surface area contributed by atoms with Gasteiger partial charge in [0.25, 0.3) is 0 Å². The Balaban J connectivity index is 2.03. The normalized spacial score (nSPS) is 12.3. The summed E-state index contributed by atoms with van der Waals surface area (Å²) in [5, 5.41) is 8.70. The number of hydrogen-bond donors (Lipinski definition) is 1. The van der Waals surface area contributed by atoms with Gasteiger partial charge in [-0.15, -0.1) is 0 Å². The molecular formula is C14H15NO4. The predicted molar refractivity (Wildman–Crippen MR) is 68.6 cm³/mol. The first kappa shape index (κ1) is 13.3. The molecular weight excluding hydrogens is 246 g/mol. The van der Waals surface area contributed by atoms with Crippen molar-refractivity contribution in [2.75, 3.05) is 0 Å². The number of aromatic nitrogens is 1. The van der Waals surface area contributed by atoms with Gasteiger partial charge in [-0.1, -0.05) is 17.7 Å². The van der Waals surface area contributed by atoms with Gasteiger partial charge in [0, 0.05) is 5.56 Å². The van der Waals surface area contributed by atoms with Crippen LogP contribution in [0.1, 0.15) is 18.2 Å². The smallest absolute Gasteiger partial charge is 0.332 e. The highest BCUT2D eigenvalue weighted by atomic mass is 16.5. The Morgan fingerprint density at radius 3 is 2.74 bits per heavy atom. The lowest BCUT2D eigenvalue weighted by Crippen LogP contribution is -2.19. The predicted octanol–water partition coefficient (Wildman–Crippen LogP) is 2.64. The molecule has 19 heavy (non-hydrogen) atoms. The largest absolute Gasteiger partial charge is 0.479 e. The Morgan fingerprint density at radius 1 is 1.42 bits per heavy atom. The molecule has 0 unspecified atom stereocenters. The van der Waals surface area contributed by atoms with Crippen molar-refractivity contribution in [2.24, 2.45) is 0 Å². The van der Waals surface area contributed by atoms with Crippen LogP contribution in [-0.2, 0) is 16.1 Å². The summed E-state index contributed by atoms with van der Waals surface area (Å²) in [6.45, 7) is 3.60. The van der Waals surface area contributed by atoms with Crippen LogP contribution in [-0.4, -0.2) is 22.2 Å². The van der Waals surface area contributed by atoms with Crippen molar-refractivity contribution in [3.8, 4) is 11.5 Å². The molecule has 0 saturated heterocycles. The molecule has 0 spiro atoms. The Bertz CT molecular complexity index is 559. The minimum Gasteiger partial charge on any atom is -0.479 e. The Morgan fingerprint density at radius 2 is 2.11 bits per heavy atom. The van der Waals surface area contributed by atoms with Gasteiger partial charge >= 0.3 is 5.97 Å². The SMILES string of the molecule is Cc1ccc(-c2nc(CO[C@@H](C)C(=O)O)co2)cc1. The molecule has 5 nitrogen and oxygen atoms in total. The van der Waals surface area contributed by atoms with Crippen molar-refractivity contribution in [1.82, 2.24) is 4.98 Å². The first-order valence-corrected chi connectivity index (χ1v) is 5.92. The van der Waals surface area contributed by atoms with E-state index in [1.807, 2.05) is 31.2 Å². The molecule has 2 rings (SSSR count). The molecule has 2 aromatic rings. The fraction of sp³-hybridized carbons (Fsp3) is 0.286. The Hall–Kier alpha value is -2.14. The highest BCUT2D eigenvalue weighted by Gasteiger charge is 2.13. The monoisotopic (exact) mass is 261 g/mol. The van der Waals surface area contributed by atoms with Crippen molar-refractivity contribution >= 4 is 5.97 Å². The number of rotatable bonds is 5. The van der Waals surface area contributed by atoms with Gasteiger partial charge < -0.3 is 14.3 Å². The second kappa shape index (κ2) is 5.67. The molecule has 0 aliphatic carbocycles. The average molecular weight is 261 g/mol. The van der Waals surface area contributed by atoms with E-state index in [9.17, 15) is 4.79 Å². The van der Waals surface area contributed by atoms with E-state index in [4.69, 9.17) is 14.3 Å². The third-order valence-corrected chi connectivity index (χ3v) is 2.68. The second-order valence-electron chi connectivity index (χ2n) is 4.30. The van der Waals surface area contributed by atoms with Gasteiger partial charge in [-0.25, -0.2) is 9.78 Å². The topological polar surface area (TPSA) is 72.6 Å². The summed E-state index contributed by atoms with van der Waals surface area (Å²) in [6.07, 6.45) is 0.614. The molecule has 1 aromatic carbocycles. The molecule has 0 radical (unpaired) electrons. The number of carboxylic acid groups (broad SMARTS) is 1. The van der Waals surface area contributed by atoms with Crippen molar-refractivity contribution in [1.29, 1.82) is 0 Å². The highest BCUT2D eigenvalue weighted by Crippen LogP contribution is 2.19. The van der Waals surface area contributed by atoms with Crippen LogP contribution >= 0.6 is 0 Å². The van der Waals surface area contributed by atoms with Crippen LogP contribution in [0, 0.1) is 6.92 Å². The molecule has 0 saturated carbocycles. The number of ether oxygens (including phenoxy) is 1. The van der Waals surface area contributed by atoms with Gasteiger partial charge in [-0.05, 0) is 26.0 Å². The molecule has 1 heterocycles. The quantitative estimate of drug-likeness (QED) is 0.895. The molecule has 0 aliphatic heterocycles. The summed E-state index contributed by atoms with van der Waals surface area (Å²) in [5.74, 6) is -0.496. The van der Waals surface area contributed by atoms with Gasteiger partial charge in [-0.3, -0.25) is 0 Å². The Labute approximate surface area is 110 Å². The van der Waals surface area contributed by atoms with E-state index in [-0.39, 0.29) is 6.61 Å². The maximum atomic E-state index is 10.6. The lowest BCUT2D eigenvalue weighted by molar-refractivity contribution is -0.149. The maximum Gasteiger partial charge on any atom is 0.332 e. The van der Waals surface area contributed by atoms with E-state index >= 15 is 0 Å². The van der Waals surface area contributed by atoms with E-state index in [1.54, 1.807) is 0 Å². The zero-order valence-corrected chi connectivity index (χ0v) is 10.8. The van der Waals surface area contributed by atoms with Crippen LogP contribution in [0.15, 0.2) is 34.9 Å². The number of aryl methyl sites for hydroxylation is 1. The third-order valence-electron chi connectivity index (χ3n) is 2.68. The molecule has 100 valence electrons. The number of hydrogen-bond acceptors (Lipinski definition) is 4. The molecule has 0 bridgehead atoms. The summed E-state index contributed by atoms with van der Waals surface area (Å²) in [5.41, 5.74) is 2.61. The van der Waals surface area contributed by atoms with Crippen molar-refractivity contribution in [2.45, 2.75) is 26.6 Å². The first-order valence-electron chi connectivity index (χ1n) is 5.92. The van der Waals surface area contributed by atoms with Gasteiger partial charge in [0.2, 0.25) is 5.89 Å². The van der Waals surface area contributed by atoms with Gasteiger partial charge in [0.05, 0.1) is 6.61 Å². The maximum absolute atomic E-state index is 10.6. The minimum absolute atomic E-state index is 0.114. The number of benzene rings is 1. The average Bonchev–Trinajstić information content (AvgIpc) is 2.85. The van der Waals surface area contributed by atoms with Gasteiger partial charge in [0.1, 0.15) is 12.0 Å². The molecule has 1 aromatic heterocycles. The van der Waals surface area contributed by atoms with Gasteiger partial charge in [-0.2, -0.15) is 0 Å². The van der Waals surface area contributed by atoms with E-state index in [2.05, 4.69) is 4.98 Å². The number of oxazole rings is 1. The van der Waals surface area contributed by atoms with Crippen molar-refractivity contribution in [3.63, 3.8) is 0 Å². The summed E-state index contributed by atoms with van der Waals surface area (Å²) >= 11 is 0. The summed E-state index contributed by atoms with van der Waals surface area (Å²) in [4.78, 5) is 14.9. The minimum atomic E-state index is -0.998. The number of aliphatic carboxylic acids is 1. The zero-order chi connectivity index (χ0) is 13.8. The van der Waals surface area contributed by atoms with E-state index in [0.29, 0.717) is 11.6 Å². The summed E-state index contributed by atoms with van der Waals surface area (Å²) in [7, 11) is 0. The van der Waals surface area contributed by atoms with E-state index < -0.39 is 12.1 Å². The fourth-order valence-electron chi connectivity index (χ4n) is 1.48. The van der Waals surface area contributed by atoms with Crippen molar-refractivity contribution in [3.05, 3.63) is 41.8 Å². The molecule has 0 aliphatic rings. The van der Waals surface area contributed by atoms with Crippen LogP contribution in [0.4, 0.5) is 0 Å². The lowest BCUT2D eigenvalue weighted by atomic mass is 10.1. The standard InChI is InChI=1S/C14H15NO4/c1-9-3-5-11(6-4-9)13-15-12(8-19-13)7-18-10(2)14(16)17/h3-6,8,10H,7H2,1-2H3,(H,16,17)/t10-/m0/s1. The number of nitrogens with zero attached hydrogens (tertiary/aromatic N) is 1. The van der Waals surface area contributed by atoms with Crippen LogP contribution in [0.2, 0.25) is 0 Å². The highest BCUT2D eigenvalue weighted by molar-refractivity contribution is 5.71. The molecule has 1 atom stereocenters. The van der Waals surface area contributed by atoms with Crippen LogP contribution in [0.5, 0.6) is 0 Å². The van der Waals surface area contributed by atoms with E-state index in [1.165, 1.54) is 13.2 Å². The molecule has 5 heteroatoms. The van der Waals surface area contributed by atoms with E-state index in [0.717, 1.165) is 11.1 Å². The zero-order valence-electron chi connectivity index (χ0n) is 10.8.